The molecule has 1 N–H and O–H groups in total. The van der Waals surface area contributed by atoms with Crippen molar-refractivity contribution in [1.29, 1.82) is 0 Å². The summed E-state index contributed by atoms with van der Waals surface area (Å²) in [5.74, 6) is 0.979. The van der Waals surface area contributed by atoms with Gasteiger partial charge in [0.25, 0.3) is 0 Å². The van der Waals surface area contributed by atoms with E-state index in [1.165, 1.54) is 43.5 Å². The molecule has 0 aromatic carbocycles. The minimum Gasteiger partial charge on any atom is -0.314 e. The molecule has 2 heteroatoms. The van der Waals surface area contributed by atoms with Crippen LogP contribution in [-0.4, -0.2) is 12.6 Å². The fourth-order valence-corrected chi connectivity index (χ4v) is 3.16. The Morgan fingerprint density at radius 1 is 1.44 bits per heavy atom. The number of hydrogen-bond acceptors (Lipinski definition) is 2. The highest BCUT2D eigenvalue weighted by Gasteiger charge is 2.30. The molecule has 0 amide bonds. The molecule has 0 spiro atoms. The van der Waals surface area contributed by atoms with Crippen molar-refractivity contribution in [1.82, 2.24) is 5.32 Å². The van der Waals surface area contributed by atoms with Gasteiger partial charge in [-0.15, -0.1) is 11.3 Å². The van der Waals surface area contributed by atoms with Crippen molar-refractivity contribution in [2.45, 2.75) is 52.0 Å². The van der Waals surface area contributed by atoms with Crippen LogP contribution in [0.1, 0.15) is 42.4 Å². The predicted octanol–water partition coefficient (Wildman–Crippen LogP) is 3.77. The van der Waals surface area contributed by atoms with Gasteiger partial charge in [0.15, 0.2) is 0 Å². The molecule has 0 aliphatic heterocycles. The number of nitrogens with one attached hydrogen (secondary N) is 1. The van der Waals surface area contributed by atoms with Crippen molar-refractivity contribution in [3.8, 4) is 0 Å². The van der Waals surface area contributed by atoms with Gasteiger partial charge < -0.3 is 5.32 Å². The Bertz CT molecular complexity index is 314. The summed E-state index contributed by atoms with van der Waals surface area (Å²) in [6.07, 6.45) is 6.73. The topological polar surface area (TPSA) is 12.0 Å². The van der Waals surface area contributed by atoms with Crippen molar-refractivity contribution in [3.05, 3.63) is 21.9 Å². The largest absolute Gasteiger partial charge is 0.314 e. The quantitative estimate of drug-likeness (QED) is 0.761. The highest BCUT2D eigenvalue weighted by Crippen LogP contribution is 2.34. The molecular formula is C14H23NS. The second kappa shape index (κ2) is 5.83. The van der Waals surface area contributed by atoms with Crippen molar-refractivity contribution >= 4 is 11.3 Å². The molecule has 1 unspecified atom stereocenters. The van der Waals surface area contributed by atoms with Gasteiger partial charge >= 0.3 is 0 Å². The monoisotopic (exact) mass is 237 g/mol. The molecule has 1 aliphatic rings. The van der Waals surface area contributed by atoms with E-state index in [1.54, 1.807) is 4.88 Å². The zero-order chi connectivity index (χ0) is 11.4. The molecule has 90 valence electrons. The van der Waals surface area contributed by atoms with E-state index in [1.807, 2.05) is 11.3 Å². The van der Waals surface area contributed by atoms with E-state index >= 15 is 0 Å². The Hall–Kier alpha value is -0.340. The van der Waals surface area contributed by atoms with Crippen molar-refractivity contribution in [2.75, 3.05) is 6.54 Å². The van der Waals surface area contributed by atoms with E-state index in [0.717, 1.165) is 12.0 Å². The molecule has 1 fully saturated rings. The Morgan fingerprint density at radius 2 is 2.25 bits per heavy atom. The van der Waals surface area contributed by atoms with E-state index in [2.05, 4.69) is 31.3 Å². The molecule has 1 heterocycles. The fourth-order valence-electron chi connectivity index (χ4n) is 2.25. The van der Waals surface area contributed by atoms with Crippen LogP contribution in [0.25, 0.3) is 0 Å². The first kappa shape index (κ1) is 12.1. The molecule has 0 saturated heterocycles. The van der Waals surface area contributed by atoms with Crippen molar-refractivity contribution in [2.24, 2.45) is 5.92 Å². The Balaban J connectivity index is 1.77. The van der Waals surface area contributed by atoms with Gasteiger partial charge in [0, 0.05) is 15.8 Å². The lowest BCUT2D eigenvalue weighted by atomic mass is 10.1. The summed E-state index contributed by atoms with van der Waals surface area (Å²) in [5, 5.41) is 3.71. The first-order chi connectivity index (χ1) is 7.79. The maximum absolute atomic E-state index is 3.71. The van der Waals surface area contributed by atoms with E-state index < -0.39 is 0 Å². The lowest BCUT2D eigenvalue weighted by Crippen LogP contribution is -2.32. The van der Waals surface area contributed by atoms with Gasteiger partial charge in [0.05, 0.1) is 0 Å². The highest BCUT2D eigenvalue weighted by molar-refractivity contribution is 7.11. The lowest BCUT2D eigenvalue weighted by Gasteiger charge is -2.17. The summed E-state index contributed by atoms with van der Waals surface area (Å²) in [6, 6.07) is 5.32. The molecule has 0 radical (unpaired) electrons. The third-order valence-corrected chi connectivity index (χ3v) is 4.41. The minimum absolute atomic E-state index is 0.780. The van der Waals surface area contributed by atoms with E-state index in [-0.39, 0.29) is 0 Å². The SMILES string of the molecule is CCCNC(CCc1ccc(C)s1)C1CC1. The molecule has 1 aliphatic carbocycles. The summed E-state index contributed by atoms with van der Waals surface area (Å²) in [6.45, 7) is 5.63. The standard InChI is InChI=1S/C14H23NS/c1-3-10-15-14(12-5-6-12)9-8-13-7-4-11(2)16-13/h4,7,12,14-15H,3,5-6,8-10H2,1-2H3. The number of rotatable bonds is 7. The van der Waals surface area contributed by atoms with Crippen LogP contribution in [0.15, 0.2) is 12.1 Å². The van der Waals surface area contributed by atoms with Gasteiger partial charge in [-0.25, -0.2) is 0 Å². The van der Waals surface area contributed by atoms with Crippen molar-refractivity contribution < 1.29 is 0 Å². The first-order valence-corrected chi connectivity index (χ1v) is 7.40. The van der Waals surface area contributed by atoms with Crippen molar-refractivity contribution in [3.63, 3.8) is 0 Å². The van der Waals surface area contributed by atoms with E-state index in [4.69, 9.17) is 0 Å². The third kappa shape index (κ3) is 3.60. The second-order valence-corrected chi connectivity index (χ2v) is 6.32. The molecule has 1 aromatic rings. The maximum Gasteiger partial charge on any atom is 0.00987 e. The zero-order valence-electron chi connectivity index (χ0n) is 10.5. The molecule has 0 bridgehead atoms. The Labute approximate surface area is 103 Å². The Morgan fingerprint density at radius 3 is 2.81 bits per heavy atom. The van der Waals surface area contributed by atoms with E-state index in [9.17, 15) is 0 Å². The molecule has 16 heavy (non-hydrogen) atoms. The van der Waals surface area contributed by atoms with Gasteiger partial charge in [-0.1, -0.05) is 6.92 Å². The van der Waals surface area contributed by atoms with Gasteiger partial charge in [0.1, 0.15) is 0 Å². The lowest BCUT2D eigenvalue weighted by molar-refractivity contribution is 0.437. The van der Waals surface area contributed by atoms with Crippen LogP contribution < -0.4 is 5.32 Å². The van der Waals surface area contributed by atoms with Crippen LogP contribution in [0.3, 0.4) is 0 Å². The van der Waals surface area contributed by atoms with Crippen LogP contribution in [0.4, 0.5) is 0 Å². The predicted molar refractivity (Wildman–Crippen MR) is 72.2 cm³/mol. The van der Waals surface area contributed by atoms with Gasteiger partial charge in [-0.05, 0) is 63.6 Å². The maximum atomic E-state index is 3.71. The normalized spacial score (nSPS) is 17.6. The molecular weight excluding hydrogens is 214 g/mol. The van der Waals surface area contributed by atoms with Crippen LogP contribution in [0.5, 0.6) is 0 Å². The van der Waals surface area contributed by atoms with Gasteiger partial charge in [-0.2, -0.15) is 0 Å². The smallest absolute Gasteiger partial charge is 0.00987 e. The number of hydrogen-bond donors (Lipinski definition) is 1. The molecule has 1 atom stereocenters. The average Bonchev–Trinajstić information content (AvgIpc) is 3.03. The highest BCUT2D eigenvalue weighted by atomic mass is 32.1. The van der Waals surface area contributed by atoms with Crippen LogP contribution in [0.2, 0.25) is 0 Å². The summed E-state index contributed by atoms with van der Waals surface area (Å²) in [4.78, 5) is 3.00. The number of thiophene rings is 1. The van der Waals surface area contributed by atoms with Crippen LogP contribution in [-0.2, 0) is 6.42 Å². The van der Waals surface area contributed by atoms with Gasteiger partial charge in [0.2, 0.25) is 0 Å². The van der Waals surface area contributed by atoms with Crippen LogP contribution >= 0.6 is 11.3 Å². The summed E-state index contributed by atoms with van der Waals surface area (Å²) >= 11 is 1.96. The average molecular weight is 237 g/mol. The third-order valence-electron chi connectivity index (χ3n) is 3.35. The summed E-state index contributed by atoms with van der Waals surface area (Å²) in [5.41, 5.74) is 0. The zero-order valence-corrected chi connectivity index (χ0v) is 11.3. The molecule has 1 saturated carbocycles. The minimum atomic E-state index is 0.780. The van der Waals surface area contributed by atoms with E-state index in [0.29, 0.717) is 0 Å². The first-order valence-electron chi connectivity index (χ1n) is 6.58. The summed E-state index contributed by atoms with van der Waals surface area (Å²) < 4.78 is 0. The molecule has 1 nitrogen and oxygen atoms in total. The second-order valence-electron chi connectivity index (χ2n) is 4.95. The molecule has 1 aromatic heterocycles. The fraction of sp³-hybridized carbons (Fsp3) is 0.714. The Kier molecular flexibility index (Phi) is 4.42. The number of aryl methyl sites for hydroxylation is 2. The summed E-state index contributed by atoms with van der Waals surface area (Å²) in [7, 11) is 0. The van der Waals surface area contributed by atoms with Gasteiger partial charge in [-0.3, -0.25) is 0 Å². The van der Waals surface area contributed by atoms with Crippen LogP contribution in [0, 0.1) is 12.8 Å². The molecule has 2 rings (SSSR count).